The zero-order chi connectivity index (χ0) is 16.4. The lowest BCUT2D eigenvalue weighted by Crippen LogP contribution is -2.21. The van der Waals surface area contributed by atoms with Crippen molar-refractivity contribution in [3.63, 3.8) is 0 Å². The Morgan fingerprint density at radius 1 is 1.17 bits per heavy atom. The molecule has 0 aliphatic heterocycles. The first-order chi connectivity index (χ1) is 11.1. The average molecular weight is 334 g/mol. The van der Waals surface area contributed by atoms with E-state index in [1.165, 1.54) is 12.1 Å². The van der Waals surface area contributed by atoms with Gasteiger partial charge >= 0.3 is 0 Å². The van der Waals surface area contributed by atoms with E-state index in [1.807, 2.05) is 24.3 Å². The van der Waals surface area contributed by atoms with Crippen LogP contribution in [0.4, 0.5) is 4.39 Å². The van der Waals surface area contributed by atoms with E-state index in [0.29, 0.717) is 12.8 Å². The standard InChI is InChI=1S/C18H20FO3P/c19-13-6-5-12-7-11-3-1-2-4-15(11)17(9-14(21)10-20)18(22-23)16(12)8-13/h1-6,8,14,17-18,20-21H,7,9-10,23H2/t14?,17-,18-/m1/s1. The van der Waals surface area contributed by atoms with Crippen molar-refractivity contribution in [3.05, 3.63) is 70.5 Å². The number of hydrogen-bond donors (Lipinski definition) is 2. The first-order valence-corrected chi connectivity index (χ1v) is 8.11. The molecular formula is C18H20FO3P. The van der Waals surface area contributed by atoms with Gasteiger partial charge in [-0.25, -0.2) is 4.39 Å². The maximum Gasteiger partial charge on any atom is 0.123 e. The minimum atomic E-state index is -0.842. The summed E-state index contributed by atoms with van der Waals surface area (Å²) in [4.78, 5) is 0. The van der Waals surface area contributed by atoms with Crippen molar-refractivity contribution in [3.8, 4) is 0 Å². The van der Waals surface area contributed by atoms with Crippen molar-refractivity contribution in [2.24, 2.45) is 0 Å². The van der Waals surface area contributed by atoms with Crippen LogP contribution in [0.5, 0.6) is 0 Å². The Morgan fingerprint density at radius 3 is 2.65 bits per heavy atom. The average Bonchev–Trinajstić information content (AvgIpc) is 2.69. The Bertz CT molecular complexity index is 692. The second-order valence-corrected chi connectivity index (χ2v) is 6.23. The van der Waals surface area contributed by atoms with Gasteiger partial charge in [0.1, 0.15) is 5.82 Å². The van der Waals surface area contributed by atoms with Crippen molar-refractivity contribution >= 4 is 9.47 Å². The van der Waals surface area contributed by atoms with Crippen LogP contribution in [0.3, 0.4) is 0 Å². The van der Waals surface area contributed by atoms with E-state index in [9.17, 15) is 14.6 Å². The zero-order valence-corrected chi connectivity index (χ0v) is 13.8. The molecule has 0 aromatic heterocycles. The Balaban J connectivity index is 2.14. The van der Waals surface area contributed by atoms with Crippen molar-refractivity contribution < 1.29 is 19.1 Å². The van der Waals surface area contributed by atoms with Crippen LogP contribution < -0.4 is 0 Å². The third-order valence-electron chi connectivity index (χ3n) is 4.50. The molecule has 2 N–H and O–H groups in total. The Morgan fingerprint density at radius 2 is 1.91 bits per heavy atom. The van der Waals surface area contributed by atoms with Crippen molar-refractivity contribution in [2.75, 3.05) is 6.61 Å². The van der Waals surface area contributed by atoms with Gasteiger partial charge in [0, 0.05) is 15.4 Å². The highest BCUT2D eigenvalue weighted by Crippen LogP contribution is 2.44. The molecule has 0 spiro atoms. The molecule has 0 radical (unpaired) electrons. The van der Waals surface area contributed by atoms with E-state index in [-0.39, 0.29) is 18.3 Å². The lowest BCUT2D eigenvalue weighted by atomic mass is 9.85. The highest BCUT2D eigenvalue weighted by atomic mass is 31.0. The number of benzene rings is 2. The molecule has 4 atom stereocenters. The van der Waals surface area contributed by atoms with Crippen LogP contribution >= 0.6 is 9.47 Å². The summed E-state index contributed by atoms with van der Waals surface area (Å²) in [5.41, 5.74) is 4.03. The van der Waals surface area contributed by atoms with Crippen LogP contribution in [-0.2, 0) is 10.9 Å². The summed E-state index contributed by atoms with van der Waals surface area (Å²) in [6, 6.07) is 12.8. The van der Waals surface area contributed by atoms with Crippen LogP contribution in [0.1, 0.15) is 40.7 Å². The molecule has 0 saturated carbocycles. The third-order valence-corrected chi connectivity index (χ3v) is 4.79. The van der Waals surface area contributed by atoms with Crippen molar-refractivity contribution in [1.82, 2.24) is 0 Å². The SMILES string of the molecule is OCC(O)C[C@@H]1c2ccccc2Cc2ccc(F)cc2[C@H]1OP. The molecule has 2 unspecified atom stereocenters. The second-order valence-electron chi connectivity index (χ2n) is 5.95. The van der Waals surface area contributed by atoms with E-state index in [1.54, 1.807) is 6.07 Å². The van der Waals surface area contributed by atoms with Gasteiger partial charge in [-0.2, -0.15) is 0 Å². The summed E-state index contributed by atoms with van der Waals surface area (Å²) in [5, 5.41) is 19.2. The number of fused-ring (bicyclic) bond motifs is 2. The molecule has 23 heavy (non-hydrogen) atoms. The van der Waals surface area contributed by atoms with E-state index in [4.69, 9.17) is 4.52 Å². The van der Waals surface area contributed by atoms with Crippen molar-refractivity contribution in [2.45, 2.75) is 31.0 Å². The summed E-state index contributed by atoms with van der Waals surface area (Å²) in [6.07, 6.45) is -0.189. The number of halogens is 1. The monoisotopic (exact) mass is 334 g/mol. The number of rotatable bonds is 4. The molecule has 3 rings (SSSR count). The van der Waals surface area contributed by atoms with E-state index < -0.39 is 12.2 Å². The Labute approximate surface area is 137 Å². The summed E-state index contributed by atoms with van der Waals surface area (Å²) in [7, 11) is 2.26. The first kappa shape index (κ1) is 16.5. The van der Waals surface area contributed by atoms with Crippen LogP contribution in [0.15, 0.2) is 42.5 Å². The Kier molecular flexibility index (Phi) is 5.08. The number of aliphatic hydroxyl groups excluding tert-OH is 2. The molecule has 5 heteroatoms. The second kappa shape index (κ2) is 7.06. The fourth-order valence-electron chi connectivity index (χ4n) is 3.42. The molecular weight excluding hydrogens is 314 g/mol. The highest BCUT2D eigenvalue weighted by molar-refractivity contribution is 7.09. The van der Waals surface area contributed by atoms with E-state index in [0.717, 1.165) is 22.3 Å². The van der Waals surface area contributed by atoms with E-state index >= 15 is 0 Å². The summed E-state index contributed by atoms with van der Waals surface area (Å²) < 4.78 is 19.4. The zero-order valence-electron chi connectivity index (χ0n) is 12.7. The third kappa shape index (κ3) is 3.31. The van der Waals surface area contributed by atoms with Gasteiger partial charge in [-0.1, -0.05) is 30.3 Å². The molecule has 0 amide bonds. The molecule has 0 fully saturated rings. The minimum absolute atomic E-state index is 0.158. The quantitative estimate of drug-likeness (QED) is 0.845. The normalized spacial score (nSPS) is 21.2. The molecule has 1 aliphatic rings. The molecule has 2 aromatic rings. The molecule has 1 aliphatic carbocycles. The van der Waals surface area contributed by atoms with Gasteiger partial charge in [-0.05, 0) is 47.2 Å². The predicted octanol–water partition coefficient (Wildman–Crippen LogP) is 3.10. The summed E-state index contributed by atoms with van der Waals surface area (Å²) in [6.45, 7) is -0.307. The van der Waals surface area contributed by atoms with Gasteiger partial charge < -0.3 is 14.7 Å². The van der Waals surface area contributed by atoms with Crippen LogP contribution in [-0.4, -0.2) is 22.9 Å². The number of aliphatic hydroxyl groups is 2. The maximum absolute atomic E-state index is 13.8. The van der Waals surface area contributed by atoms with Gasteiger partial charge in [-0.3, -0.25) is 0 Å². The minimum Gasteiger partial charge on any atom is -0.394 e. The van der Waals surface area contributed by atoms with Gasteiger partial charge in [0.05, 0.1) is 18.8 Å². The summed E-state index contributed by atoms with van der Waals surface area (Å²) >= 11 is 0. The van der Waals surface area contributed by atoms with Crippen LogP contribution in [0.25, 0.3) is 0 Å². The fourth-order valence-corrected chi connectivity index (χ4v) is 3.76. The highest BCUT2D eigenvalue weighted by Gasteiger charge is 2.33. The van der Waals surface area contributed by atoms with Gasteiger partial charge in [0.2, 0.25) is 0 Å². The van der Waals surface area contributed by atoms with Crippen molar-refractivity contribution in [1.29, 1.82) is 0 Å². The topological polar surface area (TPSA) is 49.7 Å². The molecule has 3 nitrogen and oxygen atoms in total. The molecule has 0 bridgehead atoms. The Hall–Kier alpha value is -1.32. The van der Waals surface area contributed by atoms with Crippen LogP contribution in [0, 0.1) is 5.82 Å². The largest absolute Gasteiger partial charge is 0.394 e. The molecule has 0 saturated heterocycles. The number of hydrogen-bond acceptors (Lipinski definition) is 3. The lowest BCUT2D eigenvalue weighted by molar-refractivity contribution is 0.0659. The smallest absolute Gasteiger partial charge is 0.123 e. The fraction of sp³-hybridized carbons (Fsp3) is 0.333. The maximum atomic E-state index is 13.8. The summed E-state index contributed by atoms with van der Waals surface area (Å²) in [5.74, 6) is -0.461. The molecule has 0 heterocycles. The van der Waals surface area contributed by atoms with Gasteiger partial charge in [0.25, 0.3) is 0 Å². The first-order valence-electron chi connectivity index (χ1n) is 7.64. The van der Waals surface area contributed by atoms with Gasteiger partial charge in [0.15, 0.2) is 0 Å². The van der Waals surface area contributed by atoms with E-state index in [2.05, 4.69) is 9.47 Å². The lowest BCUT2D eigenvalue weighted by Gasteiger charge is -2.28. The van der Waals surface area contributed by atoms with Crippen LogP contribution in [0.2, 0.25) is 0 Å². The molecule has 122 valence electrons. The predicted molar refractivity (Wildman–Crippen MR) is 89.6 cm³/mol. The molecule has 2 aromatic carbocycles. The van der Waals surface area contributed by atoms with Gasteiger partial charge in [-0.15, -0.1) is 0 Å².